The van der Waals surface area contributed by atoms with Gasteiger partial charge in [0.1, 0.15) is 5.76 Å². The highest BCUT2D eigenvalue weighted by atomic mass is 16.4. The van der Waals surface area contributed by atoms with Crippen molar-refractivity contribution >= 4 is 11.6 Å². The van der Waals surface area contributed by atoms with Crippen molar-refractivity contribution in [2.75, 3.05) is 0 Å². The van der Waals surface area contributed by atoms with Crippen LogP contribution in [0, 0.1) is 13.8 Å². The van der Waals surface area contributed by atoms with E-state index in [-0.39, 0.29) is 5.76 Å². The van der Waals surface area contributed by atoms with Crippen molar-refractivity contribution in [1.29, 1.82) is 0 Å². The summed E-state index contributed by atoms with van der Waals surface area (Å²) in [6, 6.07) is 29.1. The number of nitrogens with one attached hydrogen (secondary N) is 1. The molecule has 0 aliphatic rings. The SMILES string of the molecule is Cc1ccc(/C(=N\NC(=O)c2ccc(-c3ccccc3)o2)c2ccccc2)c(C)c1. The molecular weight excluding hydrogens is 372 g/mol. The van der Waals surface area contributed by atoms with Crippen LogP contribution in [0.5, 0.6) is 0 Å². The first-order chi connectivity index (χ1) is 14.6. The molecule has 4 heteroatoms. The van der Waals surface area contributed by atoms with Crippen molar-refractivity contribution in [3.63, 3.8) is 0 Å². The molecule has 0 unspecified atom stereocenters. The molecule has 0 aliphatic heterocycles. The summed E-state index contributed by atoms with van der Waals surface area (Å²) in [4.78, 5) is 12.7. The molecule has 0 saturated carbocycles. The number of carbonyl (C=O) groups is 1. The third-order valence-electron chi connectivity index (χ3n) is 4.84. The molecule has 4 rings (SSSR count). The van der Waals surface area contributed by atoms with E-state index in [1.165, 1.54) is 5.56 Å². The van der Waals surface area contributed by atoms with Gasteiger partial charge in [0.15, 0.2) is 5.76 Å². The summed E-state index contributed by atoms with van der Waals surface area (Å²) in [5.74, 6) is 0.461. The number of rotatable bonds is 5. The van der Waals surface area contributed by atoms with E-state index in [0.717, 1.165) is 22.3 Å². The monoisotopic (exact) mass is 394 g/mol. The van der Waals surface area contributed by atoms with E-state index in [1.807, 2.05) is 79.7 Å². The van der Waals surface area contributed by atoms with Crippen molar-refractivity contribution in [3.8, 4) is 11.3 Å². The number of carbonyl (C=O) groups excluding carboxylic acids is 1. The minimum Gasteiger partial charge on any atom is -0.451 e. The first-order valence-corrected chi connectivity index (χ1v) is 9.78. The van der Waals surface area contributed by atoms with Gasteiger partial charge in [-0.25, -0.2) is 5.43 Å². The Labute approximate surface area is 175 Å². The highest BCUT2D eigenvalue weighted by molar-refractivity contribution is 6.14. The Hall–Kier alpha value is -3.92. The lowest BCUT2D eigenvalue weighted by Gasteiger charge is -2.11. The van der Waals surface area contributed by atoms with E-state index in [2.05, 4.69) is 23.5 Å². The maximum Gasteiger partial charge on any atom is 0.307 e. The van der Waals surface area contributed by atoms with Crippen LogP contribution in [0.1, 0.15) is 32.8 Å². The van der Waals surface area contributed by atoms with Gasteiger partial charge in [0.2, 0.25) is 0 Å². The Morgan fingerprint density at radius 1 is 0.833 bits per heavy atom. The number of furan rings is 1. The zero-order valence-electron chi connectivity index (χ0n) is 16.9. The van der Waals surface area contributed by atoms with Crippen molar-refractivity contribution in [1.82, 2.24) is 5.43 Å². The molecule has 4 aromatic rings. The molecule has 1 amide bonds. The second kappa shape index (κ2) is 8.62. The second-order valence-electron chi connectivity index (χ2n) is 7.12. The van der Waals surface area contributed by atoms with Crippen LogP contribution < -0.4 is 5.43 Å². The minimum absolute atomic E-state index is 0.214. The molecule has 0 fully saturated rings. The number of hydrazone groups is 1. The smallest absolute Gasteiger partial charge is 0.307 e. The number of aryl methyl sites for hydroxylation is 2. The highest BCUT2D eigenvalue weighted by Gasteiger charge is 2.14. The van der Waals surface area contributed by atoms with Gasteiger partial charge in [0, 0.05) is 16.7 Å². The lowest BCUT2D eigenvalue weighted by atomic mass is 9.97. The van der Waals surface area contributed by atoms with E-state index in [9.17, 15) is 4.79 Å². The standard InChI is InChI=1S/C26H22N2O2/c1-18-13-14-22(19(2)17-18)25(21-11-7-4-8-12-21)27-28-26(29)24-16-15-23(30-24)20-9-5-3-6-10-20/h3-17H,1-2H3,(H,28,29)/b27-25-. The maximum atomic E-state index is 12.7. The number of benzene rings is 3. The molecule has 0 spiro atoms. The van der Waals surface area contributed by atoms with Gasteiger partial charge in [-0.2, -0.15) is 5.10 Å². The zero-order valence-corrected chi connectivity index (χ0v) is 16.9. The van der Waals surface area contributed by atoms with Crippen LogP contribution in [0.3, 0.4) is 0 Å². The van der Waals surface area contributed by atoms with Crippen molar-refractivity contribution in [2.24, 2.45) is 5.10 Å². The molecule has 1 N–H and O–H groups in total. The fraction of sp³-hybridized carbons (Fsp3) is 0.0769. The summed E-state index contributed by atoms with van der Waals surface area (Å²) in [5.41, 5.74) is 8.45. The number of hydrogen-bond donors (Lipinski definition) is 1. The van der Waals surface area contributed by atoms with Gasteiger partial charge in [-0.1, -0.05) is 84.4 Å². The Kier molecular flexibility index (Phi) is 5.57. The molecule has 0 bridgehead atoms. The van der Waals surface area contributed by atoms with Crippen LogP contribution in [0.15, 0.2) is 101 Å². The van der Waals surface area contributed by atoms with E-state index in [1.54, 1.807) is 12.1 Å². The Bertz CT molecular complexity index is 1190. The van der Waals surface area contributed by atoms with Crippen molar-refractivity contribution in [3.05, 3.63) is 119 Å². The molecule has 0 radical (unpaired) electrons. The Balaban J connectivity index is 1.63. The quantitative estimate of drug-likeness (QED) is 0.346. The first-order valence-electron chi connectivity index (χ1n) is 9.78. The topological polar surface area (TPSA) is 54.6 Å². The van der Waals surface area contributed by atoms with Gasteiger partial charge in [0.25, 0.3) is 0 Å². The van der Waals surface area contributed by atoms with Crippen LogP contribution >= 0.6 is 0 Å². The molecular formula is C26H22N2O2. The lowest BCUT2D eigenvalue weighted by molar-refractivity contribution is 0.0928. The summed E-state index contributed by atoms with van der Waals surface area (Å²) in [6.07, 6.45) is 0. The molecule has 3 aromatic carbocycles. The van der Waals surface area contributed by atoms with Crippen LogP contribution in [0.2, 0.25) is 0 Å². The van der Waals surface area contributed by atoms with E-state index >= 15 is 0 Å². The summed E-state index contributed by atoms with van der Waals surface area (Å²) in [6.45, 7) is 4.10. The largest absolute Gasteiger partial charge is 0.451 e. The lowest BCUT2D eigenvalue weighted by Crippen LogP contribution is -2.20. The molecule has 4 nitrogen and oxygen atoms in total. The van der Waals surface area contributed by atoms with Gasteiger partial charge in [0.05, 0.1) is 5.71 Å². The highest BCUT2D eigenvalue weighted by Crippen LogP contribution is 2.22. The molecule has 0 saturated heterocycles. The van der Waals surface area contributed by atoms with Gasteiger partial charge >= 0.3 is 5.91 Å². The number of hydrogen-bond acceptors (Lipinski definition) is 3. The van der Waals surface area contributed by atoms with Crippen molar-refractivity contribution < 1.29 is 9.21 Å². The first kappa shape index (κ1) is 19.4. The summed E-state index contributed by atoms with van der Waals surface area (Å²) in [5, 5.41) is 4.47. The molecule has 1 heterocycles. The summed E-state index contributed by atoms with van der Waals surface area (Å²) < 4.78 is 5.73. The fourth-order valence-corrected chi connectivity index (χ4v) is 3.33. The van der Waals surface area contributed by atoms with E-state index in [4.69, 9.17) is 4.42 Å². The van der Waals surface area contributed by atoms with Crippen LogP contribution in [-0.2, 0) is 0 Å². The second-order valence-corrected chi connectivity index (χ2v) is 7.12. The average molecular weight is 394 g/mol. The van der Waals surface area contributed by atoms with E-state index in [0.29, 0.717) is 11.5 Å². The summed E-state index contributed by atoms with van der Waals surface area (Å²) in [7, 11) is 0. The maximum absolute atomic E-state index is 12.7. The molecule has 0 atom stereocenters. The zero-order chi connectivity index (χ0) is 20.9. The van der Waals surface area contributed by atoms with Gasteiger partial charge in [-0.05, 0) is 31.5 Å². The van der Waals surface area contributed by atoms with Gasteiger partial charge in [-0.15, -0.1) is 0 Å². The molecule has 1 aromatic heterocycles. The molecule has 148 valence electrons. The van der Waals surface area contributed by atoms with Gasteiger partial charge in [-0.3, -0.25) is 4.79 Å². The van der Waals surface area contributed by atoms with E-state index < -0.39 is 5.91 Å². The third-order valence-corrected chi connectivity index (χ3v) is 4.84. The van der Waals surface area contributed by atoms with Crippen LogP contribution in [0.4, 0.5) is 0 Å². The molecule has 30 heavy (non-hydrogen) atoms. The number of nitrogens with zero attached hydrogens (tertiary/aromatic N) is 1. The predicted octanol–water partition coefficient (Wildman–Crippen LogP) is 5.75. The Morgan fingerprint density at radius 2 is 1.53 bits per heavy atom. The van der Waals surface area contributed by atoms with Gasteiger partial charge < -0.3 is 4.42 Å². The minimum atomic E-state index is -0.393. The number of amides is 1. The van der Waals surface area contributed by atoms with Crippen molar-refractivity contribution in [2.45, 2.75) is 13.8 Å². The Morgan fingerprint density at radius 3 is 2.23 bits per heavy atom. The predicted molar refractivity (Wildman–Crippen MR) is 120 cm³/mol. The fourth-order valence-electron chi connectivity index (χ4n) is 3.33. The van der Waals surface area contributed by atoms with Crippen LogP contribution in [-0.4, -0.2) is 11.6 Å². The van der Waals surface area contributed by atoms with Crippen LogP contribution in [0.25, 0.3) is 11.3 Å². The third kappa shape index (κ3) is 4.23. The normalized spacial score (nSPS) is 11.3. The molecule has 0 aliphatic carbocycles. The average Bonchev–Trinajstić information content (AvgIpc) is 3.27. The summed E-state index contributed by atoms with van der Waals surface area (Å²) >= 11 is 0.